The Morgan fingerprint density at radius 2 is 1.60 bits per heavy atom. The molecule has 0 aliphatic heterocycles. The Hall–Kier alpha value is -0.520. The summed E-state index contributed by atoms with van der Waals surface area (Å²) in [5, 5.41) is 0. The second-order valence-corrected chi connectivity index (χ2v) is 4.09. The maximum Gasteiger partial charge on any atom is -0.00535 e. The van der Waals surface area contributed by atoms with Crippen LogP contribution in [0.2, 0.25) is 0 Å². The summed E-state index contributed by atoms with van der Waals surface area (Å²) in [6, 6.07) is 0. The molecule has 1 radical (unpaired) electrons. The predicted octanol–water partition coefficient (Wildman–Crippen LogP) is 5.32. The molecule has 0 N–H and O–H groups in total. The van der Waals surface area contributed by atoms with Gasteiger partial charge in [0.25, 0.3) is 0 Å². The van der Waals surface area contributed by atoms with E-state index in [0.717, 1.165) is 6.42 Å². The zero-order valence-electron chi connectivity index (χ0n) is 10.5. The van der Waals surface area contributed by atoms with Gasteiger partial charge in [0.15, 0.2) is 0 Å². The van der Waals surface area contributed by atoms with Gasteiger partial charge in [-0.05, 0) is 31.6 Å². The highest BCUT2D eigenvalue weighted by atomic mass is 14.0. The molecule has 0 fully saturated rings. The van der Waals surface area contributed by atoms with Crippen LogP contribution in [0, 0.1) is 12.8 Å². The van der Waals surface area contributed by atoms with Crippen LogP contribution >= 0.6 is 0 Å². The van der Waals surface area contributed by atoms with E-state index >= 15 is 0 Å². The van der Waals surface area contributed by atoms with Crippen molar-refractivity contribution in [2.75, 3.05) is 0 Å². The zero-order chi connectivity index (χ0) is 11.4. The summed E-state index contributed by atoms with van der Waals surface area (Å²) in [7, 11) is 0. The van der Waals surface area contributed by atoms with Gasteiger partial charge in [0.2, 0.25) is 0 Å². The molecule has 0 aromatic carbocycles. The third-order valence-corrected chi connectivity index (χ3v) is 2.53. The number of rotatable bonds is 9. The minimum atomic E-state index is 0.554. The first-order valence-electron chi connectivity index (χ1n) is 6.47. The van der Waals surface area contributed by atoms with Gasteiger partial charge in [-0.25, -0.2) is 0 Å². The second kappa shape index (κ2) is 11.6. The molecule has 0 rings (SSSR count). The molecule has 0 aliphatic carbocycles. The molecule has 0 bridgehead atoms. The van der Waals surface area contributed by atoms with Gasteiger partial charge in [-0.15, -0.1) is 0 Å². The fourth-order valence-electron chi connectivity index (χ4n) is 1.48. The van der Waals surface area contributed by atoms with Crippen LogP contribution in [0.3, 0.4) is 0 Å². The van der Waals surface area contributed by atoms with E-state index in [0.29, 0.717) is 5.92 Å². The Kier molecular flexibility index (Phi) is 11.2. The SMILES string of the molecule is [CH2]CC(C=CCCC)C=CCCCCC. The fourth-order valence-corrected chi connectivity index (χ4v) is 1.48. The van der Waals surface area contributed by atoms with Gasteiger partial charge in [-0.1, -0.05) is 64.3 Å². The quantitative estimate of drug-likeness (QED) is 0.354. The zero-order valence-corrected chi connectivity index (χ0v) is 10.5. The number of unbranched alkanes of at least 4 members (excludes halogenated alkanes) is 4. The number of hydrogen-bond donors (Lipinski definition) is 0. The molecule has 0 aromatic rings. The molecule has 0 saturated carbocycles. The lowest BCUT2D eigenvalue weighted by Gasteiger charge is -2.02. The predicted molar refractivity (Wildman–Crippen MR) is 70.8 cm³/mol. The van der Waals surface area contributed by atoms with Crippen molar-refractivity contribution < 1.29 is 0 Å². The van der Waals surface area contributed by atoms with Crippen LogP contribution in [-0.4, -0.2) is 0 Å². The molecule has 0 nitrogen and oxygen atoms in total. The molecule has 0 aromatic heterocycles. The highest BCUT2D eigenvalue weighted by molar-refractivity contribution is 5.00. The molecule has 0 spiro atoms. The Labute approximate surface area is 96.5 Å². The van der Waals surface area contributed by atoms with Crippen LogP contribution in [0.1, 0.15) is 58.8 Å². The highest BCUT2D eigenvalue weighted by Gasteiger charge is 1.94. The Morgan fingerprint density at radius 3 is 2.13 bits per heavy atom. The summed E-state index contributed by atoms with van der Waals surface area (Å²) in [4.78, 5) is 0. The molecule has 1 unspecified atom stereocenters. The van der Waals surface area contributed by atoms with Crippen molar-refractivity contribution in [3.63, 3.8) is 0 Å². The van der Waals surface area contributed by atoms with Gasteiger partial charge in [0, 0.05) is 0 Å². The second-order valence-electron chi connectivity index (χ2n) is 4.09. The smallest absolute Gasteiger partial charge is 0.00535 e. The summed E-state index contributed by atoms with van der Waals surface area (Å²) in [6.07, 6.45) is 17.8. The first kappa shape index (κ1) is 14.5. The van der Waals surface area contributed by atoms with Gasteiger partial charge < -0.3 is 0 Å². The molecule has 1 atom stereocenters. The Bertz CT molecular complexity index is 165. The first-order valence-corrected chi connectivity index (χ1v) is 6.47. The van der Waals surface area contributed by atoms with Crippen molar-refractivity contribution in [2.24, 2.45) is 5.92 Å². The van der Waals surface area contributed by atoms with Crippen molar-refractivity contribution in [1.82, 2.24) is 0 Å². The average Bonchev–Trinajstić information content (AvgIpc) is 2.26. The first-order chi connectivity index (χ1) is 7.35. The summed E-state index contributed by atoms with van der Waals surface area (Å²) in [5.74, 6) is 0.554. The van der Waals surface area contributed by atoms with E-state index < -0.39 is 0 Å². The summed E-state index contributed by atoms with van der Waals surface area (Å²) < 4.78 is 0. The molecule has 15 heavy (non-hydrogen) atoms. The summed E-state index contributed by atoms with van der Waals surface area (Å²) in [5.41, 5.74) is 0. The Morgan fingerprint density at radius 1 is 0.933 bits per heavy atom. The lowest BCUT2D eigenvalue weighted by atomic mass is 10.0. The van der Waals surface area contributed by atoms with E-state index in [9.17, 15) is 0 Å². The van der Waals surface area contributed by atoms with E-state index in [4.69, 9.17) is 0 Å². The molecular weight excluding hydrogens is 180 g/mol. The topological polar surface area (TPSA) is 0 Å². The standard InChI is InChI=1S/C15H27/c1-4-7-9-10-12-14-15(6-3)13-11-8-5-2/h11-15H,3-10H2,1-2H3. The molecular formula is C15H27. The minimum absolute atomic E-state index is 0.554. The normalized spacial score (nSPS) is 14.1. The maximum absolute atomic E-state index is 3.98. The van der Waals surface area contributed by atoms with Crippen LogP contribution in [0.15, 0.2) is 24.3 Å². The fraction of sp³-hybridized carbons (Fsp3) is 0.667. The van der Waals surface area contributed by atoms with E-state index in [1.165, 1.54) is 38.5 Å². The van der Waals surface area contributed by atoms with E-state index in [1.54, 1.807) is 0 Å². The van der Waals surface area contributed by atoms with E-state index in [1.807, 2.05) is 0 Å². The molecule has 0 heteroatoms. The number of allylic oxidation sites excluding steroid dienone is 4. The third kappa shape index (κ3) is 9.78. The molecule has 87 valence electrons. The van der Waals surface area contributed by atoms with E-state index in [-0.39, 0.29) is 0 Å². The lowest BCUT2D eigenvalue weighted by Crippen LogP contribution is -1.88. The summed E-state index contributed by atoms with van der Waals surface area (Å²) in [6.45, 7) is 8.44. The van der Waals surface area contributed by atoms with Crippen LogP contribution in [0.4, 0.5) is 0 Å². The van der Waals surface area contributed by atoms with Crippen molar-refractivity contribution in [3.05, 3.63) is 31.2 Å². The lowest BCUT2D eigenvalue weighted by molar-refractivity contribution is 0.723. The van der Waals surface area contributed by atoms with E-state index in [2.05, 4.69) is 45.1 Å². The maximum atomic E-state index is 3.98. The molecule has 0 aliphatic rings. The van der Waals surface area contributed by atoms with Crippen LogP contribution < -0.4 is 0 Å². The average molecular weight is 207 g/mol. The van der Waals surface area contributed by atoms with Crippen molar-refractivity contribution in [1.29, 1.82) is 0 Å². The third-order valence-electron chi connectivity index (χ3n) is 2.53. The number of hydrogen-bond acceptors (Lipinski definition) is 0. The van der Waals surface area contributed by atoms with Crippen LogP contribution in [0.5, 0.6) is 0 Å². The molecule has 0 heterocycles. The highest BCUT2D eigenvalue weighted by Crippen LogP contribution is 2.09. The van der Waals surface area contributed by atoms with Gasteiger partial charge in [0.1, 0.15) is 0 Å². The van der Waals surface area contributed by atoms with Crippen LogP contribution in [-0.2, 0) is 0 Å². The minimum Gasteiger partial charge on any atom is -0.0880 e. The summed E-state index contributed by atoms with van der Waals surface area (Å²) >= 11 is 0. The van der Waals surface area contributed by atoms with Crippen molar-refractivity contribution in [2.45, 2.75) is 58.8 Å². The van der Waals surface area contributed by atoms with Gasteiger partial charge in [-0.2, -0.15) is 0 Å². The van der Waals surface area contributed by atoms with Gasteiger partial charge in [0.05, 0.1) is 0 Å². The van der Waals surface area contributed by atoms with Gasteiger partial charge in [-0.3, -0.25) is 0 Å². The molecule has 0 amide bonds. The monoisotopic (exact) mass is 207 g/mol. The van der Waals surface area contributed by atoms with Crippen molar-refractivity contribution >= 4 is 0 Å². The largest absolute Gasteiger partial charge is 0.0880 e. The van der Waals surface area contributed by atoms with Crippen molar-refractivity contribution in [3.8, 4) is 0 Å². The van der Waals surface area contributed by atoms with Crippen LogP contribution in [0.25, 0.3) is 0 Å². The Balaban J connectivity index is 3.67. The molecule has 0 saturated heterocycles. The van der Waals surface area contributed by atoms with Gasteiger partial charge >= 0.3 is 0 Å².